The van der Waals surface area contributed by atoms with E-state index in [0.717, 1.165) is 28.8 Å². The van der Waals surface area contributed by atoms with E-state index in [0.29, 0.717) is 6.54 Å². The van der Waals surface area contributed by atoms with Crippen molar-refractivity contribution >= 4 is 5.69 Å². The molecular weight excluding hydrogens is 255 g/mol. The fourth-order valence-electron chi connectivity index (χ4n) is 2.80. The van der Waals surface area contributed by atoms with Gasteiger partial charge in [0.25, 0.3) is 0 Å². The van der Waals surface area contributed by atoms with Gasteiger partial charge in [-0.15, -0.1) is 4.91 Å². The summed E-state index contributed by atoms with van der Waals surface area (Å²) in [5.74, 6) is -0.0891. The van der Waals surface area contributed by atoms with Crippen LogP contribution in [0, 0.1) is 17.6 Å². The Balaban J connectivity index is 1.97. The van der Waals surface area contributed by atoms with Crippen molar-refractivity contribution < 1.29 is 4.39 Å². The lowest BCUT2D eigenvalue weighted by Crippen LogP contribution is -2.30. The van der Waals surface area contributed by atoms with Crippen LogP contribution in [0.25, 0.3) is 0 Å². The van der Waals surface area contributed by atoms with Gasteiger partial charge in [-0.05, 0) is 42.7 Å². The zero-order chi connectivity index (χ0) is 14.1. The summed E-state index contributed by atoms with van der Waals surface area (Å²) in [7, 11) is 0. The van der Waals surface area contributed by atoms with Crippen molar-refractivity contribution in [1.82, 2.24) is 0 Å². The normalized spacial score (nSPS) is 17.7. The average Bonchev–Trinajstić information content (AvgIpc) is 2.46. The van der Waals surface area contributed by atoms with Crippen LogP contribution in [0.4, 0.5) is 10.1 Å². The molecule has 1 aliphatic heterocycles. The summed E-state index contributed by atoms with van der Waals surface area (Å²) in [6, 6.07) is 12.5. The number of hydrogen-bond donors (Lipinski definition) is 0. The minimum absolute atomic E-state index is 0.155. The molecule has 0 spiro atoms. The molecule has 20 heavy (non-hydrogen) atoms. The lowest BCUT2D eigenvalue weighted by atomic mass is 9.87. The van der Waals surface area contributed by atoms with E-state index < -0.39 is 0 Å². The molecule has 4 heteroatoms. The number of aryl methyl sites for hydroxylation is 1. The summed E-state index contributed by atoms with van der Waals surface area (Å²) in [4.78, 5) is 11.1. The quantitative estimate of drug-likeness (QED) is 0.774. The van der Waals surface area contributed by atoms with Gasteiger partial charge in [-0.1, -0.05) is 29.8 Å². The first kappa shape index (κ1) is 12.8. The van der Waals surface area contributed by atoms with Gasteiger partial charge in [-0.3, -0.25) is 0 Å². The maximum Gasteiger partial charge on any atom is 0.123 e. The number of rotatable bonds is 2. The molecule has 3 nitrogen and oxygen atoms in total. The van der Waals surface area contributed by atoms with Gasteiger partial charge in [-0.25, -0.2) is 9.40 Å². The van der Waals surface area contributed by atoms with Gasteiger partial charge >= 0.3 is 0 Å². The SMILES string of the molecule is Cc1ccc2c(c1)CC(c1ccc(F)cc1)CN2N=O. The Morgan fingerprint density at radius 1 is 1.20 bits per heavy atom. The number of anilines is 1. The van der Waals surface area contributed by atoms with E-state index in [1.807, 2.05) is 19.1 Å². The first-order chi connectivity index (χ1) is 9.67. The summed E-state index contributed by atoms with van der Waals surface area (Å²) in [5, 5.41) is 4.61. The molecule has 0 saturated carbocycles. The molecule has 0 bridgehead atoms. The van der Waals surface area contributed by atoms with E-state index in [1.165, 1.54) is 17.1 Å². The molecule has 0 saturated heterocycles. The summed E-state index contributed by atoms with van der Waals surface area (Å²) in [6.45, 7) is 2.56. The smallest absolute Gasteiger partial charge is 0.123 e. The Kier molecular flexibility index (Phi) is 3.22. The molecule has 0 amide bonds. The number of nitrogens with zero attached hydrogens (tertiary/aromatic N) is 2. The Bertz CT molecular complexity index is 639. The van der Waals surface area contributed by atoms with Crippen LogP contribution < -0.4 is 5.01 Å². The Morgan fingerprint density at radius 3 is 2.65 bits per heavy atom. The van der Waals surface area contributed by atoms with E-state index in [4.69, 9.17) is 0 Å². The zero-order valence-corrected chi connectivity index (χ0v) is 11.2. The van der Waals surface area contributed by atoms with Gasteiger partial charge in [0, 0.05) is 5.92 Å². The molecule has 0 aliphatic carbocycles. The Labute approximate surface area is 117 Å². The topological polar surface area (TPSA) is 32.7 Å². The fraction of sp³-hybridized carbons (Fsp3) is 0.250. The standard InChI is InChI=1S/C16H15FN2O/c1-11-2-7-16-13(8-11)9-14(10-19(16)18-20)12-3-5-15(17)6-4-12/h2-8,14H,9-10H2,1H3. The van der Waals surface area contributed by atoms with Crippen molar-refractivity contribution in [2.75, 3.05) is 11.6 Å². The summed E-state index contributed by atoms with van der Waals surface area (Å²) in [5.41, 5.74) is 4.19. The summed E-state index contributed by atoms with van der Waals surface area (Å²) in [6.07, 6.45) is 0.842. The van der Waals surface area contributed by atoms with Crippen LogP contribution in [0.5, 0.6) is 0 Å². The lowest BCUT2D eigenvalue weighted by molar-refractivity contribution is 0.607. The molecule has 1 unspecified atom stereocenters. The van der Waals surface area contributed by atoms with Crippen LogP contribution in [0.3, 0.4) is 0 Å². The lowest BCUT2D eigenvalue weighted by Gasteiger charge is -2.31. The molecule has 2 aromatic carbocycles. The summed E-state index contributed by atoms with van der Waals surface area (Å²) < 4.78 is 13.0. The van der Waals surface area contributed by atoms with E-state index in [1.54, 1.807) is 12.1 Å². The van der Waals surface area contributed by atoms with Crippen molar-refractivity contribution in [2.45, 2.75) is 19.3 Å². The number of nitroso groups, excluding NO2 is 1. The van der Waals surface area contributed by atoms with Crippen LogP contribution in [0.2, 0.25) is 0 Å². The Morgan fingerprint density at radius 2 is 1.95 bits per heavy atom. The van der Waals surface area contributed by atoms with Gasteiger partial charge in [0.15, 0.2) is 0 Å². The van der Waals surface area contributed by atoms with E-state index in [-0.39, 0.29) is 11.7 Å². The van der Waals surface area contributed by atoms with Gasteiger partial charge in [0.1, 0.15) is 5.82 Å². The predicted octanol–water partition coefficient (Wildman–Crippen LogP) is 3.96. The van der Waals surface area contributed by atoms with Gasteiger partial charge in [-0.2, -0.15) is 0 Å². The third-order valence-corrected chi connectivity index (χ3v) is 3.81. The first-order valence-electron chi connectivity index (χ1n) is 6.63. The predicted molar refractivity (Wildman–Crippen MR) is 77.2 cm³/mol. The Hall–Kier alpha value is -2.23. The van der Waals surface area contributed by atoms with Crippen molar-refractivity contribution in [2.24, 2.45) is 5.29 Å². The molecule has 2 aromatic rings. The first-order valence-corrected chi connectivity index (χ1v) is 6.63. The highest BCUT2D eigenvalue weighted by atomic mass is 19.1. The minimum atomic E-state index is -0.244. The van der Waals surface area contributed by atoms with Crippen molar-refractivity contribution in [3.63, 3.8) is 0 Å². The van der Waals surface area contributed by atoms with Crippen LogP contribution in [0.15, 0.2) is 47.8 Å². The number of halogens is 1. The molecule has 3 rings (SSSR count). The molecule has 1 heterocycles. The molecule has 0 aromatic heterocycles. The highest BCUT2D eigenvalue weighted by Crippen LogP contribution is 2.35. The van der Waals surface area contributed by atoms with Gasteiger partial charge in [0.2, 0.25) is 0 Å². The maximum atomic E-state index is 13.0. The van der Waals surface area contributed by atoms with Crippen molar-refractivity contribution in [3.8, 4) is 0 Å². The molecule has 102 valence electrons. The van der Waals surface area contributed by atoms with Crippen LogP contribution in [-0.4, -0.2) is 6.54 Å². The molecule has 1 atom stereocenters. The number of fused-ring (bicyclic) bond motifs is 1. The molecule has 1 aliphatic rings. The number of benzene rings is 2. The van der Waals surface area contributed by atoms with E-state index in [2.05, 4.69) is 11.4 Å². The number of hydrogen-bond acceptors (Lipinski definition) is 2. The average molecular weight is 270 g/mol. The van der Waals surface area contributed by atoms with Crippen molar-refractivity contribution in [1.29, 1.82) is 0 Å². The van der Waals surface area contributed by atoms with Crippen LogP contribution in [-0.2, 0) is 6.42 Å². The monoisotopic (exact) mass is 270 g/mol. The van der Waals surface area contributed by atoms with E-state index >= 15 is 0 Å². The summed E-state index contributed by atoms with van der Waals surface area (Å²) >= 11 is 0. The fourth-order valence-corrected chi connectivity index (χ4v) is 2.80. The second-order valence-electron chi connectivity index (χ2n) is 5.25. The highest BCUT2D eigenvalue weighted by molar-refractivity contribution is 5.57. The maximum absolute atomic E-state index is 13.0. The van der Waals surface area contributed by atoms with Crippen LogP contribution >= 0.6 is 0 Å². The highest BCUT2D eigenvalue weighted by Gasteiger charge is 2.26. The third-order valence-electron chi connectivity index (χ3n) is 3.81. The molecule has 0 fully saturated rings. The van der Waals surface area contributed by atoms with Gasteiger partial charge in [0.05, 0.1) is 17.5 Å². The van der Waals surface area contributed by atoms with Crippen molar-refractivity contribution in [3.05, 3.63) is 69.9 Å². The van der Waals surface area contributed by atoms with E-state index in [9.17, 15) is 9.30 Å². The second kappa shape index (κ2) is 5.04. The second-order valence-corrected chi connectivity index (χ2v) is 5.25. The molecule has 0 radical (unpaired) electrons. The zero-order valence-electron chi connectivity index (χ0n) is 11.2. The minimum Gasteiger partial charge on any atom is -0.228 e. The van der Waals surface area contributed by atoms with Crippen LogP contribution in [0.1, 0.15) is 22.6 Å². The largest absolute Gasteiger partial charge is 0.228 e. The molecular formula is C16H15FN2O. The van der Waals surface area contributed by atoms with Gasteiger partial charge < -0.3 is 0 Å². The molecule has 0 N–H and O–H groups in total. The third kappa shape index (κ3) is 2.29.